The van der Waals surface area contributed by atoms with Gasteiger partial charge in [-0.2, -0.15) is 0 Å². The van der Waals surface area contributed by atoms with Gasteiger partial charge in [0, 0.05) is 5.92 Å². The summed E-state index contributed by atoms with van der Waals surface area (Å²) >= 11 is 5.70. The van der Waals surface area contributed by atoms with Crippen molar-refractivity contribution in [2.75, 3.05) is 0 Å². The van der Waals surface area contributed by atoms with Gasteiger partial charge >= 0.3 is 6.16 Å². The number of benzene rings is 1. The lowest BCUT2D eigenvalue weighted by atomic mass is 10.2. The third-order valence-corrected chi connectivity index (χ3v) is 2.36. The summed E-state index contributed by atoms with van der Waals surface area (Å²) in [5.41, 5.74) is -0.792. The van der Waals surface area contributed by atoms with E-state index in [0.717, 1.165) is 0 Å². The van der Waals surface area contributed by atoms with Crippen molar-refractivity contribution in [2.24, 2.45) is 5.92 Å². The lowest BCUT2D eigenvalue weighted by Gasteiger charge is -2.13. The van der Waals surface area contributed by atoms with Crippen LogP contribution in [0.15, 0.2) is 24.3 Å². The van der Waals surface area contributed by atoms with E-state index in [9.17, 15) is 9.18 Å². The number of alkyl halides is 1. The molecule has 0 amide bonds. The molecule has 0 radical (unpaired) electrons. The van der Waals surface area contributed by atoms with Crippen LogP contribution in [0.25, 0.3) is 0 Å². The van der Waals surface area contributed by atoms with Crippen LogP contribution in [0.5, 0.6) is 5.75 Å². The zero-order chi connectivity index (χ0) is 12.1. The number of hydrogen-bond donors (Lipinski definition) is 0. The number of halogens is 2. The summed E-state index contributed by atoms with van der Waals surface area (Å²) in [6.45, 7) is 3.57. The number of carbonyl (C=O) groups is 1. The van der Waals surface area contributed by atoms with E-state index >= 15 is 0 Å². The molecule has 0 bridgehead atoms. The first-order valence-electron chi connectivity index (χ1n) is 4.77. The summed E-state index contributed by atoms with van der Waals surface area (Å²) in [6, 6.07) is 5.55. The largest absolute Gasteiger partial charge is 0.515 e. The van der Waals surface area contributed by atoms with Gasteiger partial charge in [-0.1, -0.05) is 37.6 Å². The average molecular weight is 247 g/mol. The Balaban J connectivity index is 2.55. The SMILES string of the molecule is CC(C)C(Cl)OC(=O)Oc1ccccc1F. The van der Waals surface area contributed by atoms with Gasteiger partial charge < -0.3 is 9.47 Å². The molecular weight excluding hydrogens is 235 g/mol. The second-order valence-corrected chi connectivity index (χ2v) is 3.93. The van der Waals surface area contributed by atoms with Crippen LogP contribution in [-0.2, 0) is 4.74 Å². The molecule has 1 unspecified atom stereocenters. The molecule has 1 aromatic carbocycles. The van der Waals surface area contributed by atoms with E-state index in [2.05, 4.69) is 4.74 Å². The number of carbonyl (C=O) groups excluding carboxylic acids is 1. The number of ether oxygens (including phenoxy) is 2. The minimum Gasteiger partial charge on any atom is -0.414 e. The Morgan fingerprint density at radius 1 is 1.38 bits per heavy atom. The molecule has 16 heavy (non-hydrogen) atoms. The second-order valence-electron chi connectivity index (χ2n) is 3.50. The molecule has 88 valence electrons. The van der Waals surface area contributed by atoms with Gasteiger partial charge in [-0.05, 0) is 12.1 Å². The zero-order valence-corrected chi connectivity index (χ0v) is 9.70. The van der Waals surface area contributed by atoms with Gasteiger partial charge in [0.05, 0.1) is 0 Å². The van der Waals surface area contributed by atoms with E-state index in [4.69, 9.17) is 16.3 Å². The van der Waals surface area contributed by atoms with E-state index in [1.165, 1.54) is 18.2 Å². The van der Waals surface area contributed by atoms with Crippen molar-refractivity contribution in [3.63, 3.8) is 0 Å². The van der Waals surface area contributed by atoms with Crippen LogP contribution in [-0.4, -0.2) is 11.7 Å². The van der Waals surface area contributed by atoms with E-state index in [0.29, 0.717) is 0 Å². The smallest absolute Gasteiger partial charge is 0.414 e. The molecule has 1 aromatic rings. The van der Waals surface area contributed by atoms with Gasteiger partial charge in [0.15, 0.2) is 17.1 Å². The zero-order valence-electron chi connectivity index (χ0n) is 8.94. The predicted octanol–water partition coefficient (Wildman–Crippen LogP) is 3.56. The maximum Gasteiger partial charge on any atom is 0.515 e. The molecule has 0 saturated heterocycles. The summed E-state index contributed by atoms with van der Waals surface area (Å²) in [7, 11) is 0. The highest BCUT2D eigenvalue weighted by molar-refractivity contribution is 6.20. The van der Waals surface area contributed by atoms with Gasteiger partial charge in [-0.15, -0.1) is 0 Å². The van der Waals surface area contributed by atoms with E-state index in [-0.39, 0.29) is 11.7 Å². The lowest BCUT2D eigenvalue weighted by molar-refractivity contribution is 0.0713. The highest BCUT2D eigenvalue weighted by Gasteiger charge is 2.17. The van der Waals surface area contributed by atoms with Crippen molar-refractivity contribution in [3.05, 3.63) is 30.1 Å². The van der Waals surface area contributed by atoms with Gasteiger partial charge in [0.2, 0.25) is 0 Å². The summed E-state index contributed by atoms with van der Waals surface area (Å²) in [5, 5.41) is 0. The minimum atomic E-state index is -1.01. The molecule has 0 fully saturated rings. The first-order chi connectivity index (χ1) is 7.50. The minimum absolute atomic E-state index is 0.0464. The van der Waals surface area contributed by atoms with Crippen molar-refractivity contribution >= 4 is 17.8 Å². The Morgan fingerprint density at radius 2 is 2.00 bits per heavy atom. The maximum absolute atomic E-state index is 13.1. The third kappa shape index (κ3) is 3.70. The fourth-order valence-electron chi connectivity index (χ4n) is 0.869. The molecule has 0 saturated carbocycles. The van der Waals surface area contributed by atoms with Gasteiger partial charge in [0.25, 0.3) is 0 Å². The molecule has 0 N–H and O–H groups in total. The molecule has 1 atom stereocenters. The number of hydrogen-bond acceptors (Lipinski definition) is 3. The molecule has 5 heteroatoms. The Bertz CT molecular complexity index is 368. The van der Waals surface area contributed by atoms with Crippen molar-refractivity contribution in [1.82, 2.24) is 0 Å². The molecule has 0 aliphatic heterocycles. The molecule has 0 aliphatic rings. The Morgan fingerprint density at radius 3 is 2.56 bits per heavy atom. The molecule has 0 aliphatic carbocycles. The molecule has 0 spiro atoms. The normalized spacial score (nSPS) is 12.3. The van der Waals surface area contributed by atoms with Crippen LogP contribution in [0.4, 0.5) is 9.18 Å². The van der Waals surface area contributed by atoms with E-state index in [1.807, 2.05) is 0 Å². The maximum atomic E-state index is 13.1. The standard InChI is InChI=1S/C11H12ClFO3/c1-7(2)10(12)16-11(14)15-9-6-4-3-5-8(9)13/h3-7,10H,1-2H3. The van der Waals surface area contributed by atoms with Gasteiger partial charge in [0.1, 0.15) is 0 Å². The van der Waals surface area contributed by atoms with Crippen molar-refractivity contribution in [1.29, 1.82) is 0 Å². The van der Waals surface area contributed by atoms with Crippen molar-refractivity contribution in [2.45, 2.75) is 19.4 Å². The fraction of sp³-hybridized carbons (Fsp3) is 0.364. The monoisotopic (exact) mass is 246 g/mol. The molecular formula is C11H12ClFO3. The lowest BCUT2D eigenvalue weighted by Crippen LogP contribution is -2.20. The molecule has 1 rings (SSSR count). The first kappa shape index (κ1) is 12.8. The average Bonchev–Trinajstić information content (AvgIpc) is 2.21. The Hall–Kier alpha value is -1.29. The van der Waals surface area contributed by atoms with Gasteiger partial charge in [-0.25, -0.2) is 9.18 Å². The van der Waals surface area contributed by atoms with Crippen molar-refractivity contribution in [3.8, 4) is 5.75 Å². The van der Waals surface area contributed by atoms with Crippen LogP contribution in [0, 0.1) is 11.7 Å². The Kier molecular flexibility index (Phi) is 4.55. The topological polar surface area (TPSA) is 35.5 Å². The summed E-state index contributed by atoms with van der Waals surface area (Å²) < 4.78 is 22.4. The van der Waals surface area contributed by atoms with Crippen molar-refractivity contribution < 1.29 is 18.7 Å². The summed E-state index contributed by atoms with van der Waals surface area (Å²) in [6.07, 6.45) is -1.01. The van der Waals surface area contributed by atoms with Crippen LogP contribution in [0.1, 0.15) is 13.8 Å². The molecule has 3 nitrogen and oxygen atoms in total. The third-order valence-electron chi connectivity index (χ3n) is 1.76. The molecule has 0 aromatic heterocycles. The van der Waals surface area contributed by atoms with Crippen LogP contribution in [0.2, 0.25) is 0 Å². The number of rotatable bonds is 3. The summed E-state index contributed by atoms with van der Waals surface area (Å²) in [5.74, 6) is -0.856. The fourth-order valence-corrected chi connectivity index (χ4v) is 0.942. The van der Waals surface area contributed by atoms with Crippen LogP contribution < -0.4 is 4.74 Å². The van der Waals surface area contributed by atoms with E-state index < -0.39 is 17.5 Å². The van der Waals surface area contributed by atoms with Gasteiger partial charge in [-0.3, -0.25) is 0 Å². The molecule has 0 heterocycles. The quantitative estimate of drug-likeness (QED) is 0.465. The highest BCUT2D eigenvalue weighted by atomic mass is 35.5. The predicted molar refractivity (Wildman–Crippen MR) is 58.0 cm³/mol. The second kappa shape index (κ2) is 5.70. The van der Waals surface area contributed by atoms with Crippen LogP contribution in [0.3, 0.4) is 0 Å². The Labute approximate surface area is 98.1 Å². The summed E-state index contributed by atoms with van der Waals surface area (Å²) in [4.78, 5) is 11.2. The number of para-hydroxylation sites is 1. The van der Waals surface area contributed by atoms with Crippen LogP contribution >= 0.6 is 11.6 Å². The first-order valence-corrected chi connectivity index (χ1v) is 5.21. The highest BCUT2D eigenvalue weighted by Crippen LogP contribution is 2.18. The van der Waals surface area contributed by atoms with E-state index in [1.54, 1.807) is 19.9 Å².